The second-order valence-corrected chi connectivity index (χ2v) is 4.58. The third-order valence-corrected chi connectivity index (χ3v) is 2.99. The molecule has 0 amide bonds. The molecule has 0 saturated heterocycles. The average molecular weight is 318 g/mol. The summed E-state index contributed by atoms with van der Waals surface area (Å²) in [6, 6.07) is -2.04. The summed E-state index contributed by atoms with van der Waals surface area (Å²) in [5, 5.41) is 0. The Labute approximate surface area is 117 Å². The van der Waals surface area contributed by atoms with Crippen molar-refractivity contribution in [2.75, 3.05) is 0 Å². The molecule has 0 fully saturated rings. The van der Waals surface area contributed by atoms with Crippen LogP contribution in [0, 0.1) is 5.92 Å². The van der Waals surface area contributed by atoms with E-state index in [1.54, 1.807) is 5.43 Å². The van der Waals surface area contributed by atoms with E-state index in [0.29, 0.717) is 13.0 Å². The molecule has 1 aromatic rings. The Bertz CT molecular complexity index is 425. The molecule has 10 heteroatoms. The number of imidazole rings is 1. The molecule has 0 aliphatic carbocycles. The fourth-order valence-electron chi connectivity index (χ4n) is 2.09. The van der Waals surface area contributed by atoms with Crippen molar-refractivity contribution in [1.82, 2.24) is 15.0 Å². The Morgan fingerprint density at radius 3 is 2.24 bits per heavy atom. The first kappa shape index (κ1) is 17.8. The summed E-state index contributed by atoms with van der Waals surface area (Å²) in [5.41, 5.74) is 1.63. The topological polar surface area (TPSA) is 55.9 Å². The molecular weight excluding hydrogens is 302 g/mol. The third kappa shape index (κ3) is 4.60. The van der Waals surface area contributed by atoms with Gasteiger partial charge in [-0.2, -0.15) is 26.3 Å². The largest absolute Gasteiger partial charge is 0.402 e. The number of nitrogens with two attached hydrogens (primary N) is 1. The molecule has 0 radical (unpaired) electrons. The second-order valence-electron chi connectivity index (χ2n) is 4.58. The van der Waals surface area contributed by atoms with Gasteiger partial charge in [-0.1, -0.05) is 6.92 Å². The zero-order valence-electron chi connectivity index (χ0n) is 11.2. The number of nitrogens with one attached hydrogen (secondary N) is 1. The van der Waals surface area contributed by atoms with Crippen LogP contribution < -0.4 is 11.3 Å². The van der Waals surface area contributed by atoms with E-state index in [2.05, 4.69) is 4.98 Å². The molecule has 0 aliphatic rings. The molecular formula is C11H16F6N4. The molecule has 1 atom stereocenters. The van der Waals surface area contributed by atoms with Crippen LogP contribution in [-0.4, -0.2) is 27.9 Å². The summed E-state index contributed by atoms with van der Waals surface area (Å²) < 4.78 is 77.6. The van der Waals surface area contributed by atoms with Crippen LogP contribution in [-0.2, 0) is 13.0 Å². The van der Waals surface area contributed by atoms with Gasteiger partial charge in [-0.3, -0.25) is 11.3 Å². The van der Waals surface area contributed by atoms with Gasteiger partial charge in [0.2, 0.25) is 0 Å². The second kappa shape index (κ2) is 6.65. The zero-order valence-corrected chi connectivity index (χ0v) is 11.2. The Morgan fingerprint density at radius 2 is 1.81 bits per heavy atom. The molecule has 122 valence electrons. The van der Waals surface area contributed by atoms with Crippen molar-refractivity contribution >= 4 is 0 Å². The SMILES string of the molecule is CCCn1ccnc1CC(NN)C(C(F)(F)F)C(F)(F)F. The standard InChI is InChI=1S/C11H16F6N4/c1-2-4-21-5-3-19-8(21)6-7(20-18)9(10(12,13)14)11(15,16)17/h3,5,7,9,20H,2,4,6,18H2,1H3. The van der Waals surface area contributed by atoms with Crippen LogP contribution >= 0.6 is 0 Å². The first-order chi connectivity index (χ1) is 9.61. The number of halogens is 6. The average Bonchev–Trinajstić information content (AvgIpc) is 2.72. The van der Waals surface area contributed by atoms with Gasteiger partial charge in [-0.05, 0) is 6.42 Å². The Morgan fingerprint density at radius 1 is 1.24 bits per heavy atom. The van der Waals surface area contributed by atoms with E-state index >= 15 is 0 Å². The van der Waals surface area contributed by atoms with Crippen molar-refractivity contribution in [1.29, 1.82) is 0 Å². The Kier molecular flexibility index (Phi) is 5.62. The Hall–Kier alpha value is -1.29. The smallest absolute Gasteiger partial charge is 0.335 e. The molecule has 0 aromatic carbocycles. The van der Waals surface area contributed by atoms with E-state index in [4.69, 9.17) is 5.84 Å². The van der Waals surface area contributed by atoms with Gasteiger partial charge < -0.3 is 4.57 Å². The Balaban J connectivity index is 3.02. The van der Waals surface area contributed by atoms with Crippen molar-refractivity contribution in [2.24, 2.45) is 11.8 Å². The van der Waals surface area contributed by atoms with Crippen molar-refractivity contribution in [2.45, 2.75) is 44.7 Å². The van der Waals surface area contributed by atoms with Gasteiger partial charge >= 0.3 is 12.4 Å². The summed E-state index contributed by atoms with van der Waals surface area (Å²) >= 11 is 0. The number of hydrogen-bond acceptors (Lipinski definition) is 3. The summed E-state index contributed by atoms with van der Waals surface area (Å²) in [5.74, 6) is 1.49. The highest BCUT2D eigenvalue weighted by molar-refractivity contribution is 4.99. The molecule has 4 nitrogen and oxygen atoms in total. The number of aryl methyl sites for hydroxylation is 1. The van der Waals surface area contributed by atoms with E-state index in [1.165, 1.54) is 17.0 Å². The number of rotatable bonds is 6. The predicted molar refractivity (Wildman–Crippen MR) is 62.9 cm³/mol. The summed E-state index contributed by atoms with van der Waals surface area (Å²) in [6.45, 7) is 2.28. The molecule has 1 aromatic heterocycles. The molecule has 3 N–H and O–H groups in total. The van der Waals surface area contributed by atoms with Gasteiger partial charge in [-0.25, -0.2) is 4.98 Å². The maximum atomic E-state index is 12.7. The summed E-state index contributed by atoms with van der Waals surface area (Å²) in [4.78, 5) is 3.80. The van der Waals surface area contributed by atoms with Gasteiger partial charge in [0, 0.05) is 31.4 Å². The van der Waals surface area contributed by atoms with Crippen LogP contribution in [0.3, 0.4) is 0 Å². The minimum atomic E-state index is -5.45. The molecule has 1 rings (SSSR count). The van der Waals surface area contributed by atoms with Gasteiger partial charge in [0.25, 0.3) is 0 Å². The van der Waals surface area contributed by atoms with Gasteiger partial charge in [0.15, 0.2) is 5.92 Å². The number of hydrazine groups is 1. The van der Waals surface area contributed by atoms with Crippen LogP contribution in [0.25, 0.3) is 0 Å². The number of hydrogen-bond donors (Lipinski definition) is 2. The fraction of sp³-hybridized carbons (Fsp3) is 0.727. The molecule has 0 spiro atoms. The number of alkyl halides is 6. The maximum absolute atomic E-state index is 12.7. The lowest BCUT2D eigenvalue weighted by Gasteiger charge is -2.30. The number of aromatic nitrogens is 2. The van der Waals surface area contributed by atoms with E-state index < -0.39 is 30.7 Å². The lowest BCUT2D eigenvalue weighted by molar-refractivity contribution is -0.291. The molecule has 21 heavy (non-hydrogen) atoms. The van der Waals surface area contributed by atoms with E-state index in [9.17, 15) is 26.3 Å². The maximum Gasteiger partial charge on any atom is 0.402 e. The van der Waals surface area contributed by atoms with Crippen LogP contribution in [0.2, 0.25) is 0 Å². The van der Waals surface area contributed by atoms with Crippen molar-refractivity contribution in [3.63, 3.8) is 0 Å². The van der Waals surface area contributed by atoms with Crippen LogP contribution in [0.5, 0.6) is 0 Å². The van der Waals surface area contributed by atoms with Crippen LogP contribution in [0.4, 0.5) is 26.3 Å². The normalized spacial score (nSPS) is 14.7. The van der Waals surface area contributed by atoms with Gasteiger partial charge in [0.05, 0.1) is 0 Å². The molecule has 0 saturated carbocycles. The highest BCUT2D eigenvalue weighted by Crippen LogP contribution is 2.41. The lowest BCUT2D eigenvalue weighted by atomic mass is 9.95. The van der Waals surface area contributed by atoms with E-state index in [-0.39, 0.29) is 5.82 Å². The highest BCUT2D eigenvalue weighted by Gasteiger charge is 2.60. The van der Waals surface area contributed by atoms with E-state index in [0.717, 1.165) is 0 Å². The fourth-order valence-corrected chi connectivity index (χ4v) is 2.09. The molecule has 1 heterocycles. The zero-order chi connectivity index (χ0) is 16.3. The van der Waals surface area contributed by atoms with Crippen LogP contribution in [0.1, 0.15) is 19.2 Å². The van der Waals surface area contributed by atoms with E-state index in [1.807, 2.05) is 6.92 Å². The molecule has 0 aliphatic heterocycles. The molecule has 1 unspecified atom stereocenters. The van der Waals surface area contributed by atoms with Crippen molar-refractivity contribution in [3.05, 3.63) is 18.2 Å². The predicted octanol–water partition coefficient (Wildman–Crippen LogP) is 2.41. The van der Waals surface area contributed by atoms with Gasteiger partial charge in [0.1, 0.15) is 5.82 Å². The van der Waals surface area contributed by atoms with Crippen molar-refractivity contribution in [3.8, 4) is 0 Å². The third-order valence-electron chi connectivity index (χ3n) is 2.99. The highest BCUT2D eigenvalue weighted by atomic mass is 19.4. The first-order valence-corrected chi connectivity index (χ1v) is 6.20. The number of nitrogens with zero attached hydrogens (tertiary/aromatic N) is 2. The molecule has 0 bridgehead atoms. The van der Waals surface area contributed by atoms with Gasteiger partial charge in [-0.15, -0.1) is 0 Å². The van der Waals surface area contributed by atoms with Crippen LogP contribution in [0.15, 0.2) is 12.4 Å². The first-order valence-electron chi connectivity index (χ1n) is 6.20. The van der Waals surface area contributed by atoms with Crippen molar-refractivity contribution < 1.29 is 26.3 Å². The lowest BCUT2D eigenvalue weighted by Crippen LogP contribution is -2.54. The minimum Gasteiger partial charge on any atom is -0.335 e. The quantitative estimate of drug-likeness (QED) is 0.481. The summed E-state index contributed by atoms with van der Waals surface area (Å²) in [7, 11) is 0. The summed E-state index contributed by atoms with van der Waals surface area (Å²) in [6.07, 6.45) is -7.97. The monoisotopic (exact) mass is 318 g/mol. The minimum absolute atomic E-state index is 0.123.